The maximum Gasteiger partial charge on any atom is 0.317 e. The first-order valence-electron chi connectivity index (χ1n) is 10.0. The Kier molecular flexibility index (Phi) is 6.89. The Morgan fingerprint density at radius 3 is 2.65 bits per heavy atom. The van der Waals surface area contributed by atoms with E-state index >= 15 is 0 Å². The molecular formula is C19H32N2O5. The van der Waals surface area contributed by atoms with Crippen molar-refractivity contribution in [3.8, 4) is 0 Å². The summed E-state index contributed by atoms with van der Waals surface area (Å²) in [6, 6.07) is 0.392. The largest absolute Gasteiger partial charge is 0.480 e. The molecule has 0 aromatic rings. The molecule has 0 aromatic carbocycles. The van der Waals surface area contributed by atoms with E-state index in [4.69, 9.17) is 14.6 Å². The van der Waals surface area contributed by atoms with Gasteiger partial charge in [0.2, 0.25) is 5.91 Å². The molecular weight excluding hydrogens is 336 g/mol. The molecule has 1 amide bonds. The van der Waals surface area contributed by atoms with E-state index in [0.717, 1.165) is 45.3 Å². The first-order valence-corrected chi connectivity index (χ1v) is 10.0. The van der Waals surface area contributed by atoms with Crippen LogP contribution in [0.2, 0.25) is 0 Å². The highest BCUT2D eigenvalue weighted by Crippen LogP contribution is 2.33. The highest BCUT2D eigenvalue weighted by Gasteiger charge is 2.38. The van der Waals surface area contributed by atoms with Crippen LogP contribution in [0.25, 0.3) is 0 Å². The van der Waals surface area contributed by atoms with Crippen LogP contribution in [0.4, 0.5) is 0 Å². The second kappa shape index (κ2) is 9.15. The fourth-order valence-electron chi connectivity index (χ4n) is 3.74. The van der Waals surface area contributed by atoms with Gasteiger partial charge in [-0.1, -0.05) is 0 Å². The molecule has 26 heavy (non-hydrogen) atoms. The molecule has 2 N–H and O–H groups in total. The van der Waals surface area contributed by atoms with Crippen molar-refractivity contribution in [2.75, 3.05) is 26.3 Å². The first kappa shape index (κ1) is 19.6. The van der Waals surface area contributed by atoms with Crippen molar-refractivity contribution in [1.29, 1.82) is 0 Å². The third-order valence-corrected chi connectivity index (χ3v) is 5.68. The quantitative estimate of drug-likeness (QED) is 0.606. The van der Waals surface area contributed by atoms with Gasteiger partial charge in [0.15, 0.2) is 0 Å². The molecule has 0 radical (unpaired) electrons. The third-order valence-electron chi connectivity index (χ3n) is 5.68. The van der Waals surface area contributed by atoms with Gasteiger partial charge in [-0.3, -0.25) is 14.5 Å². The van der Waals surface area contributed by atoms with E-state index in [-0.39, 0.29) is 30.6 Å². The number of carbonyl (C=O) groups is 2. The van der Waals surface area contributed by atoms with Crippen molar-refractivity contribution in [3.05, 3.63) is 0 Å². The minimum absolute atomic E-state index is 0.0868. The summed E-state index contributed by atoms with van der Waals surface area (Å²) in [5.41, 5.74) is 0. The summed E-state index contributed by atoms with van der Waals surface area (Å²) in [6.45, 7) is 4.00. The number of carboxylic acids is 1. The number of amides is 1. The van der Waals surface area contributed by atoms with Crippen molar-refractivity contribution >= 4 is 11.9 Å². The van der Waals surface area contributed by atoms with Crippen molar-refractivity contribution < 1.29 is 24.2 Å². The number of hydrogen-bond donors (Lipinski definition) is 2. The number of carbonyl (C=O) groups excluding carboxylic acids is 1. The van der Waals surface area contributed by atoms with E-state index in [1.807, 2.05) is 0 Å². The molecule has 1 heterocycles. The Morgan fingerprint density at radius 1 is 1.27 bits per heavy atom. The maximum atomic E-state index is 12.3. The van der Waals surface area contributed by atoms with E-state index < -0.39 is 12.1 Å². The van der Waals surface area contributed by atoms with Gasteiger partial charge in [0.25, 0.3) is 0 Å². The lowest BCUT2D eigenvalue weighted by Gasteiger charge is -2.43. The Balaban J connectivity index is 1.34. The highest BCUT2D eigenvalue weighted by atomic mass is 16.5. The number of nitrogens with zero attached hydrogens (tertiary/aromatic N) is 1. The van der Waals surface area contributed by atoms with Crippen LogP contribution in [0.5, 0.6) is 0 Å². The zero-order chi connectivity index (χ0) is 18.5. The first-order chi connectivity index (χ1) is 12.5. The van der Waals surface area contributed by atoms with Gasteiger partial charge in [0, 0.05) is 25.2 Å². The van der Waals surface area contributed by atoms with Crippen LogP contribution in [0.15, 0.2) is 0 Å². The van der Waals surface area contributed by atoms with Crippen LogP contribution < -0.4 is 5.32 Å². The third kappa shape index (κ3) is 5.93. The molecule has 0 bridgehead atoms. The molecule has 1 saturated heterocycles. The van der Waals surface area contributed by atoms with E-state index in [2.05, 4.69) is 10.2 Å². The normalized spacial score (nSPS) is 29.8. The average Bonchev–Trinajstić information content (AvgIpc) is 3.39. The summed E-state index contributed by atoms with van der Waals surface area (Å²) in [6.07, 6.45) is 6.96. The van der Waals surface area contributed by atoms with Crippen LogP contribution >= 0.6 is 0 Å². The summed E-state index contributed by atoms with van der Waals surface area (Å²) in [4.78, 5) is 25.4. The van der Waals surface area contributed by atoms with Gasteiger partial charge < -0.3 is 19.9 Å². The summed E-state index contributed by atoms with van der Waals surface area (Å²) in [5, 5.41) is 12.1. The van der Waals surface area contributed by atoms with Gasteiger partial charge >= 0.3 is 5.97 Å². The number of aliphatic carboxylic acids is 1. The maximum absolute atomic E-state index is 12.3. The molecule has 0 aromatic heterocycles. The zero-order valence-corrected chi connectivity index (χ0v) is 15.7. The number of rotatable bonds is 10. The van der Waals surface area contributed by atoms with Gasteiger partial charge in [-0.05, 0) is 57.8 Å². The molecule has 7 nitrogen and oxygen atoms in total. The Bertz CT molecular complexity index is 484. The Hall–Kier alpha value is -1.18. The van der Waals surface area contributed by atoms with E-state index in [1.165, 1.54) is 12.8 Å². The lowest BCUT2D eigenvalue weighted by molar-refractivity contribution is -0.141. The van der Waals surface area contributed by atoms with Gasteiger partial charge in [-0.25, -0.2) is 0 Å². The topological polar surface area (TPSA) is 88.1 Å². The zero-order valence-electron chi connectivity index (χ0n) is 15.7. The molecule has 3 aliphatic rings. The summed E-state index contributed by atoms with van der Waals surface area (Å²) in [7, 11) is 0. The van der Waals surface area contributed by atoms with Gasteiger partial charge in [0.05, 0.1) is 19.3 Å². The molecule has 0 spiro atoms. The predicted molar refractivity (Wildman–Crippen MR) is 95.9 cm³/mol. The SMILES string of the molecule is CC(OCC1CCCCO1)C(=O)NC1CC(N(CC(=O)O)CC2CC2)C1. The van der Waals surface area contributed by atoms with Crippen molar-refractivity contribution in [2.45, 2.75) is 76.2 Å². The number of carboxylic acid groups (broad SMARTS) is 1. The molecule has 7 heteroatoms. The smallest absolute Gasteiger partial charge is 0.317 e. The Labute approximate surface area is 155 Å². The van der Waals surface area contributed by atoms with E-state index in [1.54, 1.807) is 6.92 Å². The van der Waals surface area contributed by atoms with Crippen LogP contribution in [0.3, 0.4) is 0 Å². The minimum atomic E-state index is -0.773. The average molecular weight is 368 g/mol. The van der Waals surface area contributed by atoms with Crippen LogP contribution in [-0.4, -0.2) is 72.5 Å². The van der Waals surface area contributed by atoms with E-state index in [0.29, 0.717) is 12.5 Å². The van der Waals surface area contributed by atoms with Crippen molar-refractivity contribution in [1.82, 2.24) is 10.2 Å². The molecule has 148 valence electrons. The second-order valence-corrected chi connectivity index (χ2v) is 8.06. The predicted octanol–water partition coefficient (Wildman–Crippen LogP) is 1.40. The van der Waals surface area contributed by atoms with Crippen LogP contribution in [-0.2, 0) is 19.1 Å². The molecule has 2 aliphatic carbocycles. The summed E-state index contributed by atoms with van der Waals surface area (Å²) < 4.78 is 11.3. The fourth-order valence-corrected chi connectivity index (χ4v) is 3.74. The van der Waals surface area contributed by atoms with Gasteiger partial charge in [-0.15, -0.1) is 0 Å². The Morgan fingerprint density at radius 2 is 2.04 bits per heavy atom. The molecule has 2 saturated carbocycles. The highest BCUT2D eigenvalue weighted by molar-refractivity contribution is 5.80. The molecule has 3 fully saturated rings. The number of hydrogen-bond acceptors (Lipinski definition) is 5. The van der Waals surface area contributed by atoms with E-state index in [9.17, 15) is 9.59 Å². The van der Waals surface area contributed by atoms with Gasteiger partial charge in [0.1, 0.15) is 6.10 Å². The molecule has 1 aliphatic heterocycles. The molecule has 3 rings (SSSR count). The lowest BCUT2D eigenvalue weighted by Crippen LogP contribution is -2.56. The molecule has 2 atom stereocenters. The van der Waals surface area contributed by atoms with Gasteiger partial charge in [-0.2, -0.15) is 0 Å². The molecule has 2 unspecified atom stereocenters. The lowest BCUT2D eigenvalue weighted by atomic mass is 9.85. The minimum Gasteiger partial charge on any atom is -0.480 e. The van der Waals surface area contributed by atoms with Crippen LogP contribution in [0.1, 0.15) is 51.9 Å². The monoisotopic (exact) mass is 368 g/mol. The fraction of sp³-hybridized carbons (Fsp3) is 0.895. The second-order valence-electron chi connectivity index (χ2n) is 8.06. The van der Waals surface area contributed by atoms with Crippen molar-refractivity contribution in [2.24, 2.45) is 5.92 Å². The standard InChI is InChI=1S/C19H32N2O5/c1-13(26-12-17-4-2-3-7-25-17)19(24)20-15-8-16(9-15)21(11-18(22)23)10-14-5-6-14/h13-17H,2-12H2,1H3,(H,20,24)(H,22,23). The summed E-state index contributed by atoms with van der Waals surface area (Å²) in [5.74, 6) is -0.195. The van der Waals surface area contributed by atoms with Crippen LogP contribution in [0, 0.1) is 5.92 Å². The summed E-state index contributed by atoms with van der Waals surface area (Å²) >= 11 is 0. The number of ether oxygens (including phenoxy) is 2. The van der Waals surface area contributed by atoms with Crippen molar-refractivity contribution in [3.63, 3.8) is 0 Å². The number of nitrogens with one attached hydrogen (secondary N) is 1.